The largest absolute Gasteiger partial charge is 0.183 e. The van der Waals surface area contributed by atoms with Gasteiger partial charge >= 0.3 is 0 Å². The van der Waals surface area contributed by atoms with E-state index in [1.54, 1.807) is 0 Å². The second kappa shape index (κ2) is 16.7. The number of nitrogens with zero attached hydrogens (tertiary/aromatic N) is 3. The maximum absolute atomic E-state index is 5.29. The predicted octanol–water partition coefficient (Wildman–Crippen LogP) is 13.6. The molecular formula is C40H61N3S2. The molecule has 3 heterocycles. The third-order valence-corrected chi connectivity index (χ3v) is 13.1. The van der Waals surface area contributed by atoms with Crippen LogP contribution in [0, 0.1) is 5.92 Å². The lowest BCUT2D eigenvalue weighted by Gasteiger charge is -2.23. The molecule has 0 saturated heterocycles. The van der Waals surface area contributed by atoms with Gasteiger partial charge in [0.1, 0.15) is 11.0 Å². The van der Waals surface area contributed by atoms with Gasteiger partial charge in [0.2, 0.25) is 0 Å². The van der Waals surface area contributed by atoms with Gasteiger partial charge in [0.15, 0.2) is 0 Å². The van der Waals surface area contributed by atoms with E-state index in [2.05, 4.69) is 96.6 Å². The van der Waals surface area contributed by atoms with Crippen molar-refractivity contribution in [1.29, 1.82) is 0 Å². The van der Waals surface area contributed by atoms with Crippen molar-refractivity contribution < 1.29 is 0 Å². The highest BCUT2D eigenvalue weighted by Gasteiger charge is 2.26. The normalized spacial score (nSPS) is 13.2. The molecular weight excluding hydrogens is 587 g/mol. The summed E-state index contributed by atoms with van der Waals surface area (Å²) in [5.41, 5.74) is 5.00. The third-order valence-electron chi connectivity index (χ3n) is 10.3. The van der Waals surface area contributed by atoms with Gasteiger partial charge in [0.05, 0.1) is 6.54 Å². The molecule has 0 amide bonds. The van der Waals surface area contributed by atoms with Crippen LogP contribution >= 0.6 is 22.7 Å². The molecule has 4 rings (SSSR count). The zero-order chi connectivity index (χ0) is 32.5. The van der Waals surface area contributed by atoms with Crippen molar-refractivity contribution in [2.24, 2.45) is 5.92 Å². The Morgan fingerprint density at radius 2 is 1.16 bits per heavy atom. The molecule has 0 fully saturated rings. The first-order chi connectivity index (χ1) is 21.6. The number of rotatable bonds is 20. The lowest BCUT2D eigenvalue weighted by atomic mass is 9.81. The van der Waals surface area contributed by atoms with Crippen LogP contribution in [0.4, 0.5) is 0 Å². The van der Waals surface area contributed by atoms with E-state index in [0.717, 1.165) is 30.4 Å². The van der Waals surface area contributed by atoms with Crippen molar-refractivity contribution in [3.05, 3.63) is 46.8 Å². The molecule has 3 aromatic heterocycles. The second-order valence-corrected chi connectivity index (χ2v) is 16.9. The minimum absolute atomic E-state index is 0.0513. The number of hydrogen-bond acceptors (Lipinski definition) is 4. The lowest BCUT2D eigenvalue weighted by Crippen LogP contribution is -2.16. The zero-order valence-electron chi connectivity index (χ0n) is 29.8. The first kappa shape index (κ1) is 35.9. The van der Waals surface area contributed by atoms with Gasteiger partial charge in [-0.2, -0.15) is 15.0 Å². The molecule has 3 nitrogen and oxygen atoms in total. The fourth-order valence-electron chi connectivity index (χ4n) is 6.31. The molecule has 1 unspecified atom stereocenters. The highest BCUT2D eigenvalue weighted by atomic mass is 32.1. The topological polar surface area (TPSA) is 30.7 Å². The Kier molecular flexibility index (Phi) is 13.3. The molecule has 5 heteroatoms. The van der Waals surface area contributed by atoms with E-state index in [1.807, 2.05) is 22.7 Å². The van der Waals surface area contributed by atoms with Crippen LogP contribution in [-0.4, -0.2) is 15.0 Å². The van der Waals surface area contributed by atoms with Crippen LogP contribution in [0.2, 0.25) is 0 Å². The van der Waals surface area contributed by atoms with Gasteiger partial charge < -0.3 is 0 Å². The van der Waals surface area contributed by atoms with E-state index in [9.17, 15) is 0 Å². The molecule has 4 aromatic rings. The average molecular weight is 648 g/mol. The van der Waals surface area contributed by atoms with Crippen LogP contribution in [0.1, 0.15) is 156 Å². The van der Waals surface area contributed by atoms with Gasteiger partial charge in [0, 0.05) is 25.1 Å². The zero-order valence-corrected chi connectivity index (χ0v) is 31.4. The minimum atomic E-state index is 0.0513. The standard InChI is InChI=1S/C40H61N3S2/c1-9-13-15-17-18-20-22-30(21-19-16-14-10-2)29-43-41-37-31(23-24-32(38(37)42-43)39(5,6)11-3)33-25-26-34(44-33)35-27-28-36(45-35)40(7,8)12-4/h23-28,30H,9-22,29H2,1-8H3. The van der Waals surface area contributed by atoms with Crippen LogP contribution < -0.4 is 0 Å². The molecule has 1 aromatic carbocycles. The Balaban J connectivity index is 1.63. The molecule has 0 bridgehead atoms. The van der Waals surface area contributed by atoms with Crippen LogP contribution in [0.3, 0.4) is 0 Å². The molecule has 0 saturated carbocycles. The molecule has 0 aliphatic heterocycles. The van der Waals surface area contributed by atoms with Crippen LogP contribution in [0.15, 0.2) is 36.4 Å². The summed E-state index contributed by atoms with van der Waals surface area (Å²) < 4.78 is 0. The maximum Gasteiger partial charge on any atom is 0.122 e. The Morgan fingerprint density at radius 3 is 1.82 bits per heavy atom. The monoisotopic (exact) mass is 647 g/mol. The Bertz CT molecular complexity index is 1450. The smallest absolute Gasteiger partial charge is 0.122 e. The van der Waals surface area contributed by atoms with Crippen molar-refractivity contribution in [3.8, 4) is 20.2 Å². The van der Waals surface area contributed by atoms with Crippen molar-refractivity contribution in [2.75, 3.05) is 0 Å². The molecule has 1 atom stereocenters. The average Bonchev–Trinajstić information content (AvgIpc) is 3.80. The van der Waals surface area contributed by atoms with E-state index < -0.39 is 0 Å². The third kappa shape index (κ3) is 9.31. The Morgan fingerprint density at radius 1 is 0.600 bits per heavy atom. The highest BCUT2D eigenvalue weighted by Crippen LogP contribution is 2.43. The van der Waals surface area contributed by atoms with Crippen molar-refractivity contribution in [2.45, 2.75) is 163 Å². The van der Waals surface area contributed by atoms with Crippen LogP contribution in [-0.2, 0) is 17.4 Å². The summed E-state index contributed by atoms with van der Waals surface area (Å²) in [6, 6.07) is 13.9. The van der Waals surface area contributed by atoms with Crippen LogP contribution in [0.5, 0.6) is 0 Å². The summed E-state index contributed by atoms with van der Waals surface area (Å²) in [4.78, 5) is 7.55. The molecule has 0 aliphatic rings. The molecule has 0 radical (unpaired) electrons. The van der Waals surface area contributed by atoms with Gasteiger partial charge in [0.25, 0.3) is 0 Å². The fourth-order valence-corrected chi connectivity index (χ4v) is 8.61. The minimum Gasteiger partial charge on any atom is -0.183 e. The van der Waals surface area contributed by atoms with E-state index in [1.165, 1.54) is 108 Å². The molecule has 45 heavy (non-hydrogen) atoms. The van der Waals surface area contributed by atoms with Gasteiger partial charge in [-0.25, -0.2) is 0 Å². The SMILES string of the molecule is CCCCCCCCC(CCCCCC)Cn1nc2c(-c3ccc(-c4ccc(C(C)(C)CC)s4)s3)ccc(C(C)(C)CC)c2n1. The second-order valence-electron chi connectivity index (χ2n) is 14.7. The number of unbranched alkanes of at least 4 members (excludes halogenated alkanes) is 8. The van der Waals surface area contributed by atoms with Gasteiger partial charge in [-0.05, 0) is 72.3 Å². The van der Waals surface area contributed by atoms with Gasteiger partial charge in [-0.15, -0.1) is 22.7 Å². The lowest BCUT2D eigenvalue weighted by molar-refractivity contribution is 0.326. The molecule has 0 spiro atoms. The van der Waals surface area contributed by atoms with Gasteiger partial charge in [-0.3, -0.25) is 0 Å². The summed E-state index contributed by atoms with van der Waals surface area (Å²) >= 11 is 3.84. The first-order valence-electron chi connectivity index (χ1n) is 18.2. The summed E-state index contributed by atoms with van der Waals surface area (Å²) in [5.74, 6) is 0.648. The number of thiophene rings is 2. The van der Waals surface area contributed by atoms with E-state index >= 15 is 0 Å². The van der Waals surface area contributed by atoms with E-state index in [-0.39, 0.29) is 10.8 Å². The summed E-state index contributed by atoms with van der Waals surface area (Å²) in [6.07, 6.45) is 18.3. The summed E-state index contributed by atoms with van der Waals surface area (Å²) in [5, 5.41) is 10.6. The number of benzene rings is 1. The van der Waals surface area contributed by atoms with E-state index in [4.69, 9.17) is 10.2 Å². The van der Waals surface area contributed by atoms with Gasteiger partial charge in [-0.1, -0.05) is 132 Å². The Hall–Kier alpha value is -1.98. The maximum atomic E-state index is 5.29. The number of aromatic nitrogens is 3. The quantitative estimate of drug-likeness (QED) is 0.0894. The molecule has 248 valence electrons. The molecule has 0 aliphatic carbocycles. The van der Waals surface area contributed by atoms with Crippen molar-refractivity contribution in [1.82, 2.24) is 15.0 Å². The number of fused-ring (bicyclic) bond motifs is 1. The summed E-state index contributed by atoms with van der Waals surface area (Å²) in [7, 11) is 0. The van der Waals surface area contributed by atoms with Crippen LogP contribution in [0.25, 0.3) is 31.2 Å². The number of hydrogen-bond donors (Lipinski definition) is 0. The molecule has 0 N–H and O–H groups in total. The van der Waals surface area contributed by atoms with Crippen molar-refractivity contribution in [3.63, 3.8) is 0 Å². The first-order valence-corrected chi connectivity index (χ1v) is 19.9. The Labute approximate surface area is 283 Å². The predicted molar refractivity (Wildman–Crippen MR) is 201 cm³/mol. The highest BCUT2D eigenvalue weighted by molar-refractivity contribution is 7.24. The summed E-state index contributed by atoms with van der Waals surface area (Å²) in [6.45, 7) is 19.5. The van der Waals surface area contributed by atoms with Crippen molar-refractivity contribution >= 4 is 33.7 Å². The fraction of sp³-hybridized carbons (Fsp3) is 0.650. The van der Waals surface area contributed by atoms with E-state index in [0.29, 0.717) is 5.92 Å².